The van der Waals surface area contributed by atoms with E-state index in [2.05, 4.69) is 15.9 Å². The summed E-state index contributed by atoms with van der Waals surface area (Å²) in [6.07, 6.45) is -0.165. The Morgan fingerprint density at radius 1 is 1.38 bits per heavy atom. The minimum absolute atomic E-state index is 0.0824. The molecule has 0 bridgehead atoms. The summed E-state index contributed by atoms with van der Waals surface area (Å²) in [6.45, 7) is 3.12. The largest absolute Gasteiger partial charge is 0.491 e. The van der Waals surface area contributed by atoms with Crippen LogP contribution in [0.1, 0.15) is 6.92 Å². The zero-order valence-electron chi connectivity index (χ0n) is 12.0. The molecule has 1 fully saturated rings. The summed E-state index contributed by atoms with van der Waals surface area (Å²) in [7, 11) is 0. The van der Waals surface area contributed by atoms with E-state index in [0.717, 1.165) is 10.2 Å². The highest BCUT2D eigenvalue weighted by Crippen LogP contribution is 2.22. The molecule has 6 heteroatoms. The van der Waals surface area contributed by atoms with Gasteiger partial charge in [-0.25, -0.2) is 4.39 Å². The van der Waals surface area contributed by atoms with Crippen LogP contribution < -0.4 is 4.74 Å². The van der Waals surface area contributed by atoms with E-state index >= 15 is 0 Å². The lowest BCUT2D eigenvalue weighted by atomic mass is 10.1. The highest BCUT2D eigenvalue weighted by Gasteiger charge is 2.34. The summed E-state index contributed by atoms with van der Waals surface area (Å²) in [5.74, 6) is 0.780. The summed E-state index contributed by atoms with van der Waals surface area (Å²) >= 11 is 3.38. The van der Waals surface area contributed by atoms with Crippen molar-refractivity contribution in [3.8, 4) is 5.75 Å². The second kappa shape index (κ2) is 8.08. The van der Waals surface area contributed by atoms with Crippen molar-refractivity contribution < 1.29 is 23.3 Å². The van der Waals surface area contributed by atoms with Gasteiger partial charge in [0.05, 0.1) is 26.4 Å². The Morgan fingerprint density at radius 3 is 2.86 bits per heavy atom. The number of hydrogen-bond acceptors (Lipinski definition) is 4. The van der Waals surface area contributed by atoms with Gasteiger partial charge in [0.15, 0.2) is 0 Å². The van der Waals surface area contributed by atoms with E-state index in [1.54, 1.807) is 0 Å². The summed E-state index contributed by atoms with van der Waals surface area (Å²) in [6, 6.07) is 7.61. The molecule has 0 N–H and O–H groups in total. The van der Waals surface area contributed by atoms with E-state index in [9.17, 15) is 4.39 Å². The summed E-state index contributed by atoms with van der Waals surface area (Å²) in [4.78, 5) is 0. The van der Waals surface area contributed by atoms with Crippen LogP contribution in [0, 0.1) is 0 Å². The van der Waals surface area contributed by atoms with Gasteiger partial charge in [0.2, 0.25) is 0 Å². The van der Waals surface area contributed by atoms with Crippen LogP contribution >= 0.6 is 15.9 Å². The molecule has 0 aromatic heterocycles. The first kappa shape index (κ1) is 16.7. The average molecular weight is 363 g/mol. The van der Waals surface area contributed by atoms with Crippen molar-refractivity contribution in [3.05, 3.63) is 28.7 Å². The Bertz CT molecular complexity index is 428. The quantitative estimate of drug-likeness (QED) is 0.698. The van der Waals surface area contributed by atoms with Crippen LogP contribution in [0.25, 0.3) is 0 Å². The molecular weight excluding hydrogens is 343 g/mol. The molecule has 1 heterocycles. The first-order valence-corrected chi connectivity index (χ1v) is 7.68. The van der Waals surface area contributed by atoms with Crippen LogP contribution in [0.15, 0.2) is 28.7 Å². The molecule has 118 valence electrons. The van der Waals surface area contributed by atoms with Crippen LogP contribution in [0.3, 0.4) is 0 Å². The fraction of sp³-hybridized carbons (Fsp3) is 0.600. The third-order valence-corrected chi connectivity index (χ3v) is 3.57. The Labute approximate surface area is 132 Å². The minimum atomic E-state index is -0.554. The standard InChI is InChI=1S/C15H20BrFO4/c1-15(10-18-7-6-17)11-19-8-14(21-15)9-20-13-4-2-12(16)3-5-13/h2-5,14H,6-11H2,1H3/t14?,15-/m1/s1. The highest BCUT2D eigenvalue weighted by molar-refractivity contribution is 9.10. The van der Waals surface area contributed by atoms with Gasteiger partial charge in [0.25, 0.3) is 0 Å². The predicted molar refractivity (Wildman–Crippen MR) is 80.5 cm³/mol. The maximum atomic E-state index is 12.1. The Kier molecular flexibility index (Phi) is 6.41. The molecule has 0 saturated carbocycles. The molecule has 0 amide bonds. The van der Waals surface area contributed by atoms with Crippen molar-refractivity contribution in [2.75, 3.05) is 39.7 Å². The Balaban J connectivity index is 1.79. The van der Waals surface area contributed by atoms with Crippen LogP contribution in [-0.4, -0.2) is 51.4 Å². The van der Waals surface area contributed by atoms with Gasteiger partial charge in [-0.1, -0.05) is 15.9 Å². The van der Waals surface area contributed by atoms with E-state index in [-0.39, 0.29) is 12.7 Å². The summed E-state index contributed by atoms with van der Waals surface area (Å²) < 4.78 is 35.5. The van der Waals surface area contributed by atoms with E-state index in [4.69, 9.17) is 18.9 Å². The van der Waals surface area contributed by atoms with Gasteiger partial charge < -0.3 is 18.9 Å². The molecule has 1 unspecified atom stereocenters. The van der Waals surface area contributed by atoms with Gasteiger partial charge in [-0.15, -0.1) is 0 Å². The number of halogens is 2. The fourth-order valence-corrected chi connectivity index (χ4v) is 2.36. The maximum absolute atomic E-state index is 12.1. The van der Waals surface area contributed by atoms with Crippen molar-refractivity contribution in [3.63, 3.8) is 0 Å². The lowest BCUT2D eigenvalue weighted by Gasteiger charge is -2.38. The number of ether oxygens (including phenoxy) is 4. The van der Waals surface area contributed by atoms with Crippen LogP contribution in [0.4, 0.5) is 4.39 Å². The molecule has 1 aliphatic heterocycles. The molecule has 4 nitrogen and oxygen atoms in total. The van der Waals surface area contributed by atoms with Gasteiger partial charge >= 0.3 is 0 Å². The molecule has 1 saturated heterocycles. The Hall–Kier alpha value is -0.690. The minimum Gasteiger partial charge on any atom is -0.491 e. The number of rotatable bonds is 7. The third-order valence-electron chi connectivity index (χ3n) is 3.04. The lowest BCUT2D eigenvalue weighted by Crippen LogP contribution is -2.50. The van der Waals surface area contributed by atoms with E-state index in [1.807, 2.05) is 31.2 Å². The van der Waals surface area contributed by atoms with Gasteiger partial charge in [-0.2, -0.15) is 0 Å². The van der Waals surface area contributed by atoms with Gasteiger partial charge in [-0.3, -0.25) is 0 Å². The zero-order chi connectivity index (χ0) is 15.1. The van der Waals surface area contributed by atoms with Crippen LogP contribution in [0.5, 0.6) is 5.75 Å². The molecule has 0 spiro atoms. The first-order valence-electron chi connectivity index (χ1n) is 6.89. The molecule has 1 aliphatic rings. The molecule has 2 atom stereocenters. The molecule has 2 rings (SSSR count). The fourth-order valence-electron chi connectivity index (χ4n) is 2.10. The normalized spacial score (nSPS) is 25.8. The first-order chi connectivity index (χ1) is 10.1. The molecule has 1 aromatic rings. The monoisotopic (exact) mass is 362 g/mol. The SMILES string of the molecule is C[C@@]1(COCCF)COCC(COc2ccc(Br)cc2)O1. The molecule has 21 heavy (non-hydrogen) atoms. The van der Waals surface area contributed by atoms with E-state index in [1.165, 1.54) is 0 Å². The number of benzene rings is 1. The van der Waals surface area contributed by atoms with Crippen molar-refractivity contribution in [2.24, 2.45) is 0 Å². The van der Waals surface area contributed by atoms with Crippen LogP contribution in [-0.2, 0) is 14.2 Å². The van der Waals surface area contributed by atoms with Gasteiger partial charge in [-0.05, 0) is 31.2 Å². The van der Waals surface area contributed by atoms with E-state index < -0.39 is 12.3 Å². The zero-order valence-corrected chi connectivity index (χ0v) is 13.6. The second-order valence-electron chi connectivity index (χ2n) is 5.21. The second-order valence-corrected chi connectivity index (χ2v) is 6.13. The van der Waals surface area contributed by atoms with Crippen molar-refractivity contribution in [1.82, 2.24) is 0 Å². The lowest BCUT2D eigenvalue weighted by molar-refractivity contribution is -0.216. The topological polar surface area (TPSA) is 36.9 Å². The van der Waals surface area contributed by atoms with Crippen molar-refractivity contribution in [1.29, 1.82) is 0 Å². The summed E-state index contributed by atoms with van der Waals surface area (Å²) in [5.41, 5.74) is -0.554. The molecular formula is C15H20BrFO4. The average Bonchev–Trinajstić information content (AvgIpc) is 2.47. The Morgan fingerprint density at radius 2 is 2.14 bits per heavy atom. The molecule has 0 aliphatic carbocycles. The smallest absolute Gasteiger partial charge is 0.119 e. The van der Waals surface area contributed by atoms with Gasteiger partial charge in [0, 0.05) is 4.47 Å². The maximum Gasteiger partial charge on any atom is 0.119 e. The highest BCUT2D eigenvalue weighted by atomic mass is 79.9. The van der Waals surface area contributed by atoms with Crippen molar-refractivity contribution >= 4 is 15.9 Å². The predicted octanol–water partition coefficient (Wildman–Crippen LogP) is 2.99. The van der Waals surface area contributed by atoms with E-state index in [0.29, 0.717) is 26.4 Å². The number of hydrogen-bond donors (Lipinski definition) is 0. The van der Waals surface area contributed by atoms with Crippen LogP contribution in [0.2, 0.25) is 0 Å². The van der Waals surface area contributed by atoms with Gasteiger partial charge in [0.1, 0.15) is 30.7 Å². The summed E-state index contributed by atoms with van der Waals surface area (Å²) in [5, 5.41) is 0. The number of alkyl halides is 1. The molecule has 0 radical (unpaired) electrons. The molecule has 1 aromatic carbocycles. The third kappa shape index (κ3) is 5.54. The van der Waals surface area contributed by atoms with Crippen molar-refractivity contribution in [2.45, 2.75) is 18.6 Å².